The summed E-state index contributed by atoms with van der Waals surface area (Å²) in [5.41, 5.74) is -0.528. The van der Waals surface area contributed by atoms with Crippen LogP contribution in [-0.2, 0) is 0 Å². The molecule has 1 aliphatic rings. The third-order valence-electron chi connectivity index (χ3n) is 4.08. The summed E-state index contributed by atoms with van der Waals surface area (Å²) in [4.78, 5) is 16.3. The van der Waals surface area contributed by atoms with Crippen molar-refractivity contribution in [3.8, 4) is 11.5 Å². The van der Waals surface area contributed by atoms with E-state index >= 15 is 0 Å². The van der Waals surface area contributed by atoms with Crippen molar-refractivity contribution < 1.29 is 23.0 Å². The van der Waals surface area contributed by atoms with Crippen LogP contribution in [0.15, 0.2) is 30.5 Å². The molecule has 5 nitrogen and oxygen atoms in total. The Bertz CT molecular complexity index is 757. The predicted octanol–water partition coefficient (Wildman–Crippen LogP) is 3.94. The summed E-state index contributed by atoms with van der Waals surface area (Å²) >= 11 is 0. The van der Waals surface area contributed by atoms with Gasteiger partial charge in [-0.3, -0.25) is 4.79 Å². The molecule has 0 radical (unpaired) electrons. The van der Waals surface area contributed by atoms with E-state index in [-0.39, 0.29) is 11.8 Å². The van der Waals surface area contributed by atoms with E-state index in [0.29, 0.717) is 11.5 Å². The number of amides is 1. The van der Waals surface area contributed by atoms with Gasteiger partial charge >= 0.3 is 0 Å². The maximum absolute atomic E-state index is 13.7. The van der Waals surface area contributed by atoms with Crippen LogP contribution in [0, 0.1) is 11.6 Å². The topological polar surface area (TPSA) is 60.5 Å². The average Bonchev–Trinajstić information content (AvgIpc) is 3.11. The van der Waals surface area contributed by atoms with E-state index in [9.17, 15) is 13.6 Å². The number of pyridine rings is 1. The number of ether oxygens (including phenoxy) is 2. The van der Waals surface area contributed by atoms with Crippen molar-refractivity contribution in [1.82, 2.24) is 4.98 Å². The molecule has 25 heavy (non-hydrogen) atoms. The van der Waals surface area contributed by atoms with Crippen molar-refractivity contribution in [2.24, 2.45) is 0 Å². The summed E-state index contributed by atoms with van der Waals surface area (Å²) in [6, 6.07) is 4.77. The number of aromatic nitrogens is 1. The standard InChI is InChI=1S/C18H18F2N2O3/c1-24-16-10-21-14(9-15(16)25-11-5-2-3-6-11)18(23)22-17-12(19)7-4-8-13(17)20/h4,7-11H,2-3,5-6H2,1H3,(H,22,23). The van der Waals surface area contributed by atoms with E-state index in [1.807, 2.05) is 0 Å². The van der Waals surface area contributed by atoms with Gasteiger partial charge in [-0.25, -0.2) is 13.8 Å². The van der Waals surface area contributed by atoms with E-state index in [1.54, 1.807) is 0 Å². The molecule has 1 N–H and O–H groups in total. The van der Waals surface area contributed by atoms with E-state index in [2.05, 4.69) is 10.3 Å². The lowest BCUT2D eigenvalue weighted by Crippen LogP contribution is -2.17. The average molecular weight is 348 g/mol. The van der Waals surface area contributed by atoms with Gasteiger partial charge in [0.1, 0.15) is 23.0 Å². The molecule has 1 amide bonds. The first-order valence-corrected chi connectivity index (χ1v) is 8.04. The van der Waals surface area contributed by atoms with Crippen molar-refractivity contribution in [2.75, 3.05) is 12.4 Å². The number of hydrogen-bond donors (Lipinski definition) is 1. The van der Waals surface area contributed by atoms with Gasteiger partial charge in [0.2, 0.25) is 0 Å². The van der Waals surface area contributed by atoms with Crippen LogP contribution in [0.3, 0.4) is 0 Å². The minimum absolute atomic E-state index is 0.0172. The first-order valence-electron chi connectivity index (χ1n) is 8.04. The van der Waals surface area contributed by atoms with E-state index in [1.165, 1.54) is 25.4 Å². The molecule has 0 saturated heterocycles. The lowest BCUT2D eigenvalue weighted by Gasteiger charge is -2.16. The van der Waals surface area contributed by atoms with Gasteiger partial charge in [-0.1, -0.05) is 6.07 Å². The van der Waals surface area contributed by atoms with Crippen LogP contribution in [0.5, 0.6) is 11.5 Å². The SMILES string of the molecule is COc1cnc(C(=O)Nc2c(F)cccc2F)cc1OC1CCCC1. The largest absolute Gasteiger partial charge is 0.491 e. The normalized spacial score (nSPS) is 14.4. The summed E-state index contributed by atoms with van der Waals surface area (Å²) in [7, 11) is 1.48. The zero-order valence-corrected chi connectivity index (χ0v) is 13.7. The van der Waals surface area contributed by atoms with Crippen LogP contribution in [0.4, 0.5) is 14.5 Å². The number of methoxy groups -OCH3 is 1. The summed E-state index contributed by atoms with van der Waals surface area (Å²) < 4.78 is 38.5. The van der Waals surface area contributed by atoms with Crippen molar-refractivity contribution >= 4 is 11.6 Å². The number of carbonyl (C=O) groups is 1. The summed E-state index contributed by atoms with van der Waals surface area (Å²) in [6.45, 7) is 0. The van der Waals surface area contributed by atoms with Crippen LogP contribution < -0.4 is 14.8 Å². The second-order valence-corrected chi connectivity index (χ2v) is 5.80. The zero-order valence-electron chi connectivity index (χ0n) is 13.7. The highest BCUT2D eigenvalue weighted by Crippen LogP contribution is 2.31. The molecular formula is C18H18F2N2O3. The van der Waals surface area contributed by atoms with Crippen LogP contribution in [-0.4, -0.2) is 24.1 Å². The number of hydrogen-bond acceptors (Lipinski definition) is 4. The Kier molecular flexibility index (Phi) is 5.11. The smallest absolute Gasteiger partial charge is 0.274 e. The molecule has 132 valence electrons. The van der Waals surface area contributed by atoms with E-state index in [0.717, 1.165) is 37.8 Å². The maximum atomic E-state index is 13.7. The number of anilines is 1. The molecule has 0 atom stereocenters. The molecule has 0 bridgehead atoms. The Morgan fingerprint density at radius 2 is 1.88 bits per heavy atom. The fraction of sp³-hybridized carbons (Fsp3) is 0.333. The van der Waals surface area contributed by atoms with Crippen molar-refractivity contribution in [3.63, 3.8) is 0 Å². The van der Waals surface area contributed by atoms with Crippen LogP contribution >= 0.6 is 0 Å². The molecule has 0 aliphatic heterocycles. The number of rotatable bonds is 5. The molecule has 1 aliphatic carbocycles. The van der Waals surface area contributed by atoms with Gasteiger partial charge < -0.3 is 14.8 Å². The number of halogens is 2. The fourth-order valence-corrected chi connectivity index (χ4v) is 2.77. The predicted molar refractivity (Wildman–Crippen MR) is 88.0 cm³/mol. The Morgan fingerprint density at radius 1 is 1.20 bits per heavy atom. The Labute approximate surface area is 144 Å². The highest BCUT2D eigenvalue weighted by molar-refractivity contribution is 6.03. The highest BCUT2D eigenvalue weighted by atomic mass is 19.1. The summed E-state index contributed by atoms with van der Waals surface area (Å²) in [5, 5.41) is 2.21. The first-order chi connectivity index (χ1) is 12.1. The third kappa shape index (κ3) is 3.87. The summed E-state index contributed by atoms with van der Waals surface area (Å²) in [6.07, 6.45) is 5.49. The van der Waals surface area contributed by atoms with Crippen LogP contribution in [0.25, 0.3) is 0 Å². The molecule has 0 spiro atoms. The number of carbonyl (C=O) groups excluding carboxylic acids is 1. The molecule has 1 fully saturated rings. The molecule has 0 unspecified atom stereocenters. The molecule has 1 aromatic carbocycles. The fourth-order valence-electron chi connectivity index (χ4n) is 2.77. The van der Waals surface area contributed by atoms with Gasteiger partial charge in [-0.15, -0.1) is 0 Å². The minimum Gasteiger partial charge on any atom is -0.491 e. The van der Waals surface area contributed by atoms with Gasteiger partial charge in [0.15, 0.2) is 11.5 Å². The highest BCUT2D eigenvalue weighted by Gasteiger charge is 2.21. The van der Waals surface area contributed by atoms with Crippen molar-refractivity contribution in [2.45, 2.75) is 31.8 Å². The molecule has 1 aromatic heterocycles. The Balaban J connectivity index is 1.82. The minimum atomic E-state index is -0.857. The second kappa shape index (κ2) is 7.46. The van der Waals surface area contributed by atoms with Gasteiger partial charge in [0.25, 0.3) is 5.91 Å². The van der Waals surface area contributed by atoms with E-state index in [4.69, 9.17) is 9.47 Å². The first kappa shape index (κ1) is 17.1. The van der Waals surface area contributed by atoms with Gasteiger partial charge in [0.05, 0.1) is 19.4 Å². The Morgan fingerprint density at radius 3 is 2.52 bits per heavy atom. The number of para-hydroxylation sites is 1. The van der Waals surface area contributed by atoms with E-state index < -0.39 is 23.2 Å². The lowest BCUT2D eigenvalue weighted by molar-refractivity contribution is 0.102. The van der Waals surface area contributed by atoms with Gasteiger partial charge in [0, 0.05) is 6.07 Å². The Hall–Kier alpha value is -2.70. The quantitative estimate of drug-likeness (QED) is 0.889. The molecule has 3 rings (SSSR count). The van der Waals surface area contributed by atoms with Crippen LogP contribution in [0.1, 0.15) is 36.2 Å². The monoisotopic (exact) mass is 348 g/mol. The molecule has 2 aromatic rings. The van der Waals surface area contributed by atoms with Crippen molar-refractivity contribution in [1.29, 1.82) is 0 Å². The number of nitrogens with zero attached hydrogens (tertiary/aromatic N) is 1. The molecule has 1 heterocycles. The van der Waals surface area contributed by atoms with Crippen LogP contribution in [0.2, 0.25) is 0 Å². The summed E-state index contributed by atoms with van der Waals surface area (Å²) in [5.74, 6) is -1.65. The van der Waals surface area contributed by atoms with Crippen molar-refractivity contribution in [3.05, 3.63) is 47.8 Å². The lowest BCUT2D eigenvalue weighted by atomic mass is 10.2. The second-order valence-electron chi connectivity index (χ2n) is 5.80. The zero-order chi connectivity index (χ0) is 17.8. The molecule has 7 heteroatoms. The molecule has 1 saturated carbocycles. The van der Waals surface area contributed by atoms with Gasteiger partial charge in [-0.05, 0) is 37.8 Å². The van der Waals surface area contributed by atoms with Gasteiger partial charge in [-0.2, -0.15) is 0 Å². The number of nitrogens with one attached hydrogen (secondary N) is 1. The third-order valence-corrected chi connectivity index (χ3v) is 4.08. The molecular weight excluding hydrogens is 330 g/mol. The number of benzene rings is 1. The maximum Gasteiger partial charge on any atom is 0.274 e.